The van der Waals surface area contributed by atoms with Gasteiger partial charge in [0.2, 0.25) is 16.3 Å². The summed E-state index contributed by atoms with van der Waals surface area (Å²) in [7, 11) is 0. The quantitative estimate of drug-likeness (QED) is 0.388. The zero-order chi connectivity index (χ0) is 9.94. The van der Waals surface area contributed by atoms with Crippen LogP contribution in [0.3, 0.4) is 0 Å². The summed E-state index contributed by atoms with van der Waals surface area (Å²) in [6, 6.07) is 0. The Hall–Kier alpha value is 0.532. The average Bonchev–Trinajstić information content (AvgIpc) is 2.13. The minimum atomic E-state index is 1.11. The van der Waals surface area contributed by atoms with Crippen LogP contribution in [0.1, 0.15) is 71.6 Å². The second-order valence-electron chi connectivity index (χ2n) is 4.45. The third kappa shape index (κ3) is 10.5. The standard InChI is InChI=1S/C12H25.Al.2H/c1-3-5-7-9-11-12-10-8-6-4-2;;;/h11H,3-10,12H2,1-2H3;;;. The highest BCUT2D eigenvalue weighted by Gasteiger charge is 2.01. The molecule has 78 valence electrons. The maximum atomic E-state index is 2.29. The van der Waals surface area contributed by atoms with Crippen LogP contribution in [0.5, 0.6) is 0 Å². The molecule has 1 atom stereocenters. The van der Waals surface area contributed by atoms with E-state index in [-0.39, 0.29) is 0 Å². The van der Waals surface area contributed by atoms with Crippen molar-refractivity contribution >= 4 is 16.3 Å². The maximum Gasteiger partial charge on any atom is 0.216 e. The first-order valence-electron chi connectivity index (χ1n) is 6.31. The van der Waals surface area contributed by atoms with Crippen molar-refractivity contribution in [1.29, 1.82) is 0 Å². The fourth-order valence-electron chi connectivity index (χ4n) is 1.81. The summed E-state index contributed by atoms with van der Waals surface area (Å²) in [6.45, 7) is 4.59. The van der Waals surface area contributed by atoms with Crippen LogP contribution < -0.4 is 0 Å². The Bertz CT molecular complexity index is 91.1. The molecule has 0 N–H and O–H groups in total. The van der Waals surface area contributed by atoms with Crippen LogP contribution in [-0.4, -0.2) is 16.3 Å². The van der Waals surface area contributed by atoms with Crippen molar-refractivity contribution in [2.75, 3.05) is 0 Å². The molecule has 1 unspecified atom stereocenters. The van der Waals surface area contributed by atoms with Gasteiger partial charge in [-0.25, -0.2) is 0 Å². The second kappa shape index (κ2) is 10.6. The van der Waals surface area contributed by atoms with E-state index in [1.807, 2.05) is 0 Å². The normalized spacial score (nSPS) is 13.1. The zero-order valence-electron chi connectivity index (χ0n) is 9.94. The average molecular weight is 198 g/mol. The molecule has 1 heteroatoms. The fraction of sp³-hybridized carbons (Fsp3) is 1.00. The van der Waals surface area contributed by atoms with E-state index in [4.69, 9.17) is 0 Å². The Labute approximate surface area is 92.9 Å². The molecule has 0 aliphatic carbocycles. The lowest BCUT2D eigenvalue weighted by molar-refractivity contribution is 0.562. The Kier molecular flexibility index (Phi) is 11.0. The van der Waals surface area contributed by atoms with E-state index in [9.17, 15) is 0 Å². The van der Waals surface area contributed by atoms with E-state index in [2.05, 4.69) is 13.8 Å². The first kappa shape index (κ1) is 13.5. The highest BCUT2D eigenvalue weighted by Crippen LogP contribution is 2.19. The third-order valence-corrected chi connectivity index (χ3v) is 4.01. The number of rotatable bonds is 9. The van der Waals surface area contributed by atoms with Gasteiger partial charge >= 0.3 is 0 Å². The van der Waals surface area contributed by atoms with Gasteiger partial charge in [-0.2, -0.15) is 0 Å². The Morgan fingerprint density at radius 1 is 0.769 bits per heavy atom. The van der Waals surface area contributed by atoms with Gasteiger partial charge < -0.3 is 0 Å². The van der Waals surface area contributed by atoms with Crippen molar-refractivity contribution in [3.63, 3.8) is 0 Å². The van der Waals surface area contributed by atoms with E-state index in [1.165, 1.54) is 74.1 Å². The largest absolute Gasteiger partial charge is 0.216 e. The van der Waals surface area contributed by atoms with Crippen LogP contribution in [0.25, 0.3) is 0 Å². The lowest BCUT2D eigenvalue weighted by Crippen LogP contribution is -1.93. The van der Waals surface area contributed by atoms with Crippen LogP contribution in [0.4, 0.5) is 0 Å². The van der Waals surface area contributed by atoms with Crippen LogP contribution >= 0.6 is 0 Å². The molecule has 0 nitrogen and oxygen atoms in total. The van der Waals surface area contributed by atoms with Crippen molar-refractivity contribution in [2.45, 2.75) is 76.4 Å². The molecule has 0 aliphatic rings. The Morgan fingerprint density at radius 3 is 1.77 bits per heavy atom. The van der Waals surface area contributed by atoms with Crippen molar-refractivity contribution in [1.82, 2.24) is 0 Å². The van der Waals surface area contributed by atoms with Gasteiger partial charge in [0, 0.05) is 0 Å². The van der Waals surface area contributed by atoms with Gasteiger partial charge in [0.1, 0.15) is 0 Å². The Morgan fingerprint density at radius 2 is 1.23 bits per heavy atom. The first-order valence-corrected chi connectivity index (χ1v) is 7.46. The molecule has 0 heterocycles. The van der Waals surface area contributed by atoms with E-state index < -0.39 is 0 Å². The van der Waals surface area contributed by atoms with E-state index in [0.29, 0.717) is 0 Å². The number of hydrogen-bond donors (Lipinski definition) is 0. The summed E-state index contributed by atoms with van der Waals surface area (Å²) in [4.78, 5) is 0. The number of unbranched alkanes of at least 4 members (excludes halogenated alkanes) is 5. The summed E-state index contributed by atoms with van der Waals surface area (Å²) in [5.41, 5.74) is 0. The summed E-state index contributed by atoms with van der Waals surface area (Å²) >= 11 is 1.42. The van der Waals surface area contributed by atoms with Gasteiger partial charge in [-0.05, 0) is 0 Å². The van der Waals surface area contributed by atoms with Crippen LogP contribution in [0.2, 0.25) is 4.78 Å². The van der Waals surface area contributed by atoms with E-state index in [1.54, 1.807) is 0 Å². The molecule has 0 aromatic rings. The van der Waals surface area contributed by atoms with Crippen LogP contribution in [0, 0.1) is 0 Å². The van der Waals surface area contributed by atoms with Gasteiger partial charge in [-0.3, -0.25) is 0 Å². The minimum absolute atomic E-state index is 1.11. The third-order valence-electron chi connectivity index (χ3n) is 2.85. The molecule has 13 heavy (non-hydrogen) atoms. The van der Waals surface area contributed by atoms with E-state index >= 15 is 0 Å². The SMILES string of the molecule is CCCCCC[CH]([AlH2])CCCCC. The predicted molar refractivity (Wildman–Crippen MR) is 65.2 cm³/mol. The molecular weight excluding hydrogens is 171 g/mol. The molecular formula is C12H27Al. The second-order valence-corrected chi connectivity index (χ2v) is 6.08. The molecule has 0 aromatic heterocycles. The molecule has 0 bridgehead atoms. The molecule has 0 aliphatic heterocycles. The zero-order valence-corrected chi connectivity index (χ0v) is 11.9. The summed E-state index contributed by atoms with van der Waals surface area (Å²) in [5.74, 6) is 0. The molecule has 0 saturated carbocycles. The summed E-state index contributed by atoms with van der Waals surface area (Å²) in [6.07, 6.45) is 13.2. The molecule has 0 rings (SSSR count). The highest BCUT2D eigenvalue weighted by molar-refractivity contribution is 6.11. The molecule has 0 fully saturated rings. The molecule has 0 radical (unpaired) electrons. The molecule has 0 amide bonds. The van der Waals surface area contributed by atoms with Crippen LogP contribution in [-0.2, 0) is 0 Å². The topological polar surface area (TPSA) is 0 Å². The number of hydrogen-bond acceptors (Lipinski definition) is 0. The van der Waals surface area contributed by atoms with E-state index in [0.717, 1.165) is 4.78 Å². The molecule has 0 spiro atoms. The first-order chi connectivity index (χ1) is 6.31. The van der Waals surface area contributed by atoms with Gasteiger partial charge in [0.05, 0.1) is 0 Å². The van der Waals surface area contributed by atoms with Crippen molar-refractivity contribution < 1.29 is 0 Å². The van der Waals surface area contributed by atoms with Gasteiger partial charge in [-0.15, -0.1) is 0 Å². The van der Waals surface area contributed by atoms with Crippen LogP contribution in [0.15, 0.2) is 0 Å². The van der Waals surface area contributed by atoms with Crippen molar-refractivity contribution in [2.24, 2.45) is 0 Å². The lowest BCUT2D eigenvalue weighted by Gasteiger charge is -2.10. The summed E-state index contributed by atoms with van der Waals surface area (Å²) in [5, 5.41) is 0. The fourth-order valence-corrected chi connectivity index (χ4v) is 2.62. The van der Waals surface area contributed by atoms with Crippen molar-refractivity contribution in [3.05, 3.63) is 0 Å². The minimum Gasteiger partial charge on any atom is -0.0901 e. The molecule has 0 saturated heterocycles. The highest BCUT2D eigenvalue weighted by atomic mass is 27.0. The Balaban J connectivity index is 3.05. The van der Waals surface area contributed by atoms with Gasteiger partial charge in [0.15, 0.2) is 0 Å². The van der Waals surface area contributed by atoms with Gasteiger partial charge in [0.25, 0.3) is 0 Å². The monoisotopic (exact) mass is 198 g/mol. The lowest BCUT2D eigenvalue weighted by atomic mass is 10.1. The molecule has 0 aromatic carbocycles. The smallest absolute Gasteiger partial charge is 0.0901 e. The van der Waals surface area contributed by atoms with Crippen molar-refractivity contribution in [3.8, 4) is 0 Å². The predicted octanol–water partition coefficient (Wildman–Crippen LogP) is 3.96. The van der Waals surface area contributed by atoms with Gasteiger partial charge in [-0.1, -0.05) is 76.4 Å². The maximum absolute atomic E-state index is 2.29. The summed E-state index contributed by atoms with van der Waals surface area (Å²) < 4.78 is 1.11.